The van der Waals surface area contributed by atoms with E-state index in [0.29, 0.717) is 8.95 Å². The zero-order valence-corrected chi connectivity index (χ0v) is 17.3. The molecule has 1 heterocycles. The minimum absolute atomic E-state index is 0.119. The van der Waals surface area contributed by atoms with Gasteiger partial charge in [0.1, 0.15) is 5.75 Å². The Balaban J connectivity index is 1.62. The van der Waals surface area contributed by atoms with E-state index in [1.165, 1.54) is 24.9 Å². The standard InChI is InChI=1S/C19H19Br2N3O2/c20-14-10-16(18(25)17(21)11-14)19(26)23-22-12-13-4-6-15(7-5-13)24-8-2-1-3-9-24/h4-7,10-12,25H,1-3,8-9H2,(H,23,26)/b22-12-. The number of amides is 1. The van der Waals surface area contributed by atoms with E-state index in [1.807, 2.05) is 12.1 Å². The number of anilines is 1. The number of hydrazone groups is 1. The van der Waals surface area contributed by atoms with Crippen LogP contribution in [0.25, 0.3) is 0 Å². The number of aromatic hydroxyl groups is 1. The molecule has 1 aliphatic heterocycles. The number of hydrogen-bond acceptors (Lipinski definition) is 4. The van der Waals surface area contributed by atoms with Crippen LogP contribution in [0.2, 0.25) is 0 Å². The molecule has 1 amide bonds. The van der Waals surface area contributed by atoms with E-state index < -0.39 is 5.91 Å². The molecule has 1 fully saturated rings. The lowest BCUT2D eigenvalue weighted by atomic mass is 10.1. The zero-order valence-electron chi connectivity index (χ0n) is 14.1. The van der Waals surface area contributed by atoms with E-state index in [4.69, 9.17) is 0 Å². The van der Waals surface area contributed by atoms with Crippen molar-refractivity contribution < 1.29 is 9.90 Å². The summed E-state index contributed by atoms with van der Waals surface area (Å²) in [6.45, 7) is 2.21. The van der Waals surface area contributed by atoms with Gasteiger partial charge in [0.2, 0.25) is 0 Å². The minimum Gasteiger partial charge on any atom is -0.506 e. The third-order valence-corrected chi connectivity index (χ3v) is 5.33. The first kappa shape index (κ1) is 18.9. The second kappa shape index (κ2) is 8.68. The molecule has 5 nitrogen and oxygen atoms in total. The van der Waals surface area contributed by atoms with Gasteiger partial charge in [-0.3, -0.25) is 4.79 Å². The molecule has 26 heavy (non-hydrogen) atoms. The normalized spacial score (nSPS) is 14.6. The van der Waals surface area contributed by atoms with E-state index in [0.717, 1.165) is 18.7 Å². The number of hydrogen-bond donors (Lipinski definition) is 2. The van der Waals surface area contributed by atoms with E-state index >= 15 is 0 Å². The molecule has 0 atom stereocenters. The van der Waals surface area contributed by atoms with Gasteiger partial charge in [0, 0.05) is 23.2 Å². The van der Waals surface area contributed by atoms with Crippen LogP contribution in [-0.4, -0.2) is 30.3 Å². The molecule has 1 aliphatic rings. The number of rotatable bonds is 4. The van der Waals surface area contributed by atoms with Crippen LogP contribution in [0.4, 0.5) is 5.69 Å². The molecule has 0 radical (unpaired) electrons. The smallest absolute Gasteiger partial charge is 0.275 e. The Hall–Kier alpha value is -1.86. The Kier molecular flexibility index (Phi) is 6.32. The fourth-order valence-electron chi connectivity index (χ4n) is 2.89. The third kappa shape index (κ3) is 4.65. The number of piperidine rings is 1. The van der Waals surface area contributed by atoms with Gasteiger partial charge in [0.05, 0.1) is 16.3 Å². The van der Waals surface area contributed by atoms with Gasteiger partial charge >= 0.3 is 0 Å². The highest BCUT2D eigenvalue weighted by molar-refractivity contribution is 9.11. The van der Waals surface area contributed by atoms with Gasteiger partial charge in [0.15, 0.2) is 0 Å². The largest absolute Gasteiger partial charge is 0.506 e. The first-order valence-electron chi connectivity index (χ1n) is 8.41. The number of phenols is 1. The van der Waals surface area contributed by atoms with Gasteiger partial charge in [-0.2, -0.15) is 5.10 Å². The molecule has 7 heteroatoms. The molecule has 0 bridgehead atoms. The van der Waals surface area contributed by atoms with Gasteiger partial charge in [-0.25, -0.2) is 5.43 Å². The molecule has 0 aromatic heterocycles. The maximum Gasteiger partial charge on any atom is 0.275 e. The third-order valence-electron chi connectivity index (χ3n) is 4.27. The molecular weight excluding hydrogens is 462 g/mol. The van der Waals surface area contributed by atoms with E-state index in [-0.39, 0.29) is 11.3 Å². The number of benzene rings is 2. The van der Waals surface area contributed by atoms with Crippen molar-refractivity contribution in [3.8, 4) is 5.75 Å². The van der Waals surface area contributed by atoms with Crippen molar-refractivity contribution >= 4 is 49.7 Å². The fourth-order valence-corrected chi connectivity index (χ4v) is 4.11. The second-order valence-electron chi connectivity index (χ2n) is 6.12. The Morgan fingerprint density at radius 3 is 2.50 bits per heavy atom. The molecule has 2 aromatic carbocycles. The monoisotopic (exact) mass is 479 g/mol. The Morgan fingerprint density at radius 1 is 1.12 bits per heavy atom. The van der Waals surface area contributed by atoms with Crippen LogP contribution in [0.1, 0.15) is 35.2 Å². The zero-order chi connectivity index (χ0) is 18.5. The fraction of sp³-hybridized carbons (Fsp3) is 0.263. The Bertz CT molecular complexity index is 816. The summed E-state index contributed by atoms with van der Waals surface area (Å²) >= 11 is 6.50. The van der Waals surface area contributed by atoms with E-state index in [2.05, 4.69) is 59.4 Å². The Labute approximate surface area is 169 Å². The van der Waals surface area contributed by atoms with E-state index in [9.17, 15) is 9.90 Å². The van der Waals surface area contributed by atoms with Crippen molar-refractivity contribution in [1.29, 1.82) is 0 Å². The van der Waals surface area contributed by atoms with Gasteiger partial charge in [-0.05, 0) is 65.0 Å². The van der Waals surface area contributed by atoms with Crippen molar-refractivity contribution in [2.24, 2.45) is 5.10 Å². The van der Waals surface area contributed by atoms with Crippen molar-refractivity contribution in [2.75, 3.05) is 18.0 Å². The molecule has 2 N–H and O–H groups in total. The number of nitrogens with one attached hydrogen (secondary N) is 1. The summed E-state index contributed by atoms with van der Waals surface area (Å²) < 4.78 is 1.12. The highest BCUT2D eigenvalue weighted by Gasteiger charge is 2.14. The first-order valence-corrected chi connectivity index (χ1v) is 9.99. The summed E-state index contributed by atoms with van der Waals surface area (Å²) in [5.74, 6) is -0.600. The lowest BCUT2D eigenvalue weighted by molar-refractivity contribution is 0.0952. The summed E-state index contributed by atoms with van der Waals surface area (Å²) in [6.07, 6.45) is 5.38. The summed E-state index contributed by atoms with van der Waals surface area (Å²) in [6, 6.07) is 11.3. The topological polar surface area (TPSA) is 64.9 Å². The number of nitrogens with zero attached hydrogens (tertiary/aromatic N) is 2. The minimum atomic E-state index is -0.481. The van der Waals surface area contributed by atoms with Crippen LogP contribution in [-0.2, 0) is 0 Å². The maximum absolute atomic E-state index is 12.2. The number of carbonyl (C=O) groups is 1. The molecule has 0 saturated carbocycles. The molecule has 3 rings (SSSR count). The van der Waals surface area contributed by atoms with Crippen molar-refractivity contribution in [3.63, 3.8) is 0 Å². The van der Waals surface area contributed by atoms with Crippen LogP contribution in [0.15, 0.2) is 50.4 Å². The van der Waals surface area contributed by atoms with Crippen LogP contribution in [0, 0.1) is 0 Å². The average molecular weight is 481 g/mol. The van der Waals surface area contributed by atoms with Gasteiger partial charge in [0.25, 0.3) is 5.91 Å². The molecule has 0 aliphatic carbocycles. The van der Waals surface area contributed by atoms with E-state index in [1.54, 1.807) is 18.3 Å². The quantitative estimate of drug-likeness (QED) is 0.493. The number of carbonyl (C=O) groups excluding carboxylic acids is 1. The lowest BCUT2D eigenvalue weighted by Gasteiger charge is -2.28. The molecule has 1 saturated heterocycles. The highest BCUT2D eigenvalue weighted by atomic mass is 79.9. The summed E-state index contributed by atoms with van der Waals surface area (Å²) in [4.78, 5) is 14.6. The number of phenolic OH excluding ortho intramolecular Hbond substituents is 1. The molecule has 0 unspecified atom stereocenters. The van der Waals surface area contributed by atoms with Crippen LogP contribution < -0.4 is 10.3 Å². The maximum atomic E-state index is 12.2. The van der Waals surface area contributed by atoms with Crippen molar-refractivity contribution in [3.05, 3.63) is 56.5 Å². The van der Waals surface area contributed by atoms with Crippen molar-refractivity contribution in [2.45, 2.75) is 19.3 Å². The molecule has 136 valence electrons. The van der Waals surface area contributed by atoms with Crippen LogP contribution in [0.5, 0.6) is 5.75 Å². The van der Waals surface area contributed by atoms with Gasteiger partial charge in [-0.1, -0.05) is 28.1 Å². The van der Waals surface area contributed by atoms with Crippen LogP contribution in [0.3, 0.4) is 0 Å². The van der Waals surface area contributed by atoms with Gasteiger partial charge in [-0.15, -0.1) is 0 Å². The summed E-state index contributed by atoms with van der Waals surface area (Å²) in [5, 5.41) is 14.0. The predicted octanol–water partition coefficient (Wildman–Crippen LogP) is 4.67. The van der Waals surface area contributed by atoms with Crippen molar-refractivity contribution in [1.82, 2.24) is 5.43 Å². The summed E-state index contributed by atoms with van der Waals surface area (Å²) in [5.41, 5.74) is 4.69. The van der Waals surface area contributed by atoms with Gasteiger partial charge < -0.3 is 10.0 Å². The second-order valence-corrected chi connectivity index (χ2v) is 7.89. The molecule has 2 aromatic rings. The summed E-state index contributed by atoms with van der Waals surface area (Å²) in [7, 11) is 0. The molecular formula is C19H19Br2N3O2. The Morgan fingerprint density at radius 2 is 1.81 bits per heavy atom. The highest BCUT2D eigenvalue weighted by Crippen LogP contribution is 2.31. The number of halogens is 2. The predicted molar refractivity (Wildman–Crippen MR) is 111 cm³/mol. The SMILES string of the molecule is O=C(N/N=C\c1ccc(N2CCCCC2)cc1)c1cc(Br)cc(Br)c1O. The molecule has 0 spiro atoms. The lowest BCUT2D eigenvalue weighted by Crippen LogP contribution is -2.29. The first-order chi connectivity index (χ1) is 12.5. The average Bonchev–Trinajstić information content (AvgIpc) is 2.66. The van der Waals surface area contributed by atoms with Crippen LogP contribution >= 0.6 is 31.9 Å².